The van der Waals surface area contributed by atoms with E-state index in [4.69, 9.17) is 15.8 Å². The molecule has 1 aromatic carbocycles. The molecule has 18 heavy (non-hydrogen) atoms. The van der Waals surface area contributed by atoms with Crippen molar-refractivity contribution < 1.29 is 17.4 Å². The Morgan fingerprint density at radius 1 is 1.17 bits per heavy atom. The standard InChI is InChI=1S/C11H7ClO4S2/c12-8-1-3-9(4-2-8)18(14,15)16-10-5-6-17-11(10)7-13/h1-7H. The lowest BCUT2D eigenvalue weighted by molar-refractivity contribution is 0.112. The molecule has 2 aromatic rings. The monoisotopic (exact) mass is 302 g/mol. The summed E-state index contributed by atoms with van der Waals surface area (Å²) in [7, 11) is -3.94. The van der Waals surface area contributed by atoms with E-state index in [1.807, 2.05) is 0 Å². The highest BCUT2D eigenvalue weighted by Crippen LogP contribution is 2.26. The van der Waals surface area contributed by atoms with Crippen molar-refractivity contribution >= 4 is 39.3 Å². The Bertz CT molecular complexity index is 659. The van der Waals surface area contributed by atoms with Crippen molar-refractivity contribution in [2.45, 2.75) is 4.90 Å². The number of hydrogen-bond donors (Lipinski definition) is 0. The van der Waals surface area contributed by atoms with E-state index in [-0.39, 0.29) is 15.5 Å². The van der Waals surface area contributed by atoms with Crippen molar-refractivity contribution in [2.75, 3.05) is 0 Å². The first kappa shape index (κ1) is 13.1. The zero-order valence-corrected chi connectivity index (χ0v) is 11.3. The summed E-state index contributed by atoms with van der Waals surface area (Å²) in [6.07, 6.45) is 0.553. The van der Waals surface area contributed by atoms with Crippen LogP contribution in [0.4, 0.5) is 0 Å². The lowest BCUT2D eigenvalue weighted by Gasteiger charge is -2.05. The van der Waals surface area contributed by atoms with Gasteiger partial charge < -0.3 is 4.18 Å². The molecule has 0 fully saturated rings. The van der Waals surface area contributed by atoms with Gasteiger partial charge in [-0.1, -0.05) is 11.6 Å². The molecule has 0 N–H and O–H groups in total. The first-order chi connectivity index (χ1) is 8.53. The van der Waals surface area contributed by atoms with Crippen LogP contribution in [0, 0.1) is 0 Å². The Morgan fingerprint density at radius 3 is 2.44 bits per heavy atom. The van der Waals surface area contributed by atoms with Gasteiger partial charge in [-0.05, 0) is 35.7 Å². The summed E-state index contributed by atoms with van der Waals surface area (Å²) in [6, 6.07) is 7.01. The van der Waals surface area contributed by atoms with Crippen molar-refractivity contribution in [3.8, 4) is 5.75 Å². The van der Waals surface area contributed by atoms with Gasteiger partial charge in [-0.25, -0.2) is 0 Å². The molecule has 0 spiro atoms. The van der Waals surface area contributed by atoms with Crippen LogP contribution < -0.4 is 4.18 Å². The van der Waals surface area contributed by atoms with E-state index in [1.165, 1.54) is 30.3 Å². The van der Waals surface area contributed by atoms with E-state index in [0.29, 0.717) is 11.3 Å². The van der Waals surface area contributed by atoms with Crippen LogP contribution in [0.15, 0.2) is 40.6 Å². The van der Waals surface area contributed by atoms with Gasteiger partial charge in [-0.2, -0.15) is 8.42 Å². The van der Waals surface area contributed by atoms with Crippen molar-refractivity contribution in [1.29, 1.82) is 0 Å². The molecular weight excluding hydrogens is 296 g/mol. The SMILES string of the molecule is O=Cc1sccc1OS(=O)(=O)c1ccc(Cl)cc1. The van der Waals surface area contributed by atoms with Crippen molar-refractivity contribution in [3.05, 3.63) is 45.6 Å². The normalized spacial score (nSPS) is 11.2. The second-order valence-electron chi connectivity index (χ2n) is 3.26. The Hall–Kier alpha value is -1.37. The third kappa shape index (κ3) is 2.72. The number of hydrogen-bond acceptors (Lipinski definition) is 5. The molecule has 0 bridgehead atoms. The summed E-state index contributed by atoms with van der Waals surface area (Å²) >= 11 is 6.78. The van der Waals surface area contributed by atoms with Crippen LogP contribution in [-0.4, -0.2) is 14.7 Å². The van der Waals surface area contributed by atoms with Crippen molar-refractivity contribution in [2.24, 2.45) is 0 Å². The van der Waals surface area contributed by atoms with Gasteiger partial charge in [-0.15, -0.1) is 11.3 Å². The predicted molar refractivity (Wildman–Crippen MR) is 69.0 cm³/mol. The van der Waals surface area contributed by atoms with Gasteiger partial charge in [0, 0.05) is 5.02 Å². The zero-order chi connectivity index (χ0) is 13.2. The molecule has 7 heteroatoms. The molecule has 0 unspecified atom stereocenters. The molecule has 0 aliphatic rings. The number of carbonyl (C=O) groups excluding carboxylic acids is 1. The van der Waals surface area contributed by atoms with Gasteiger partial charge in [-0.3, -0.25) is 4.79 Å². The second kappa shape index (κ2) is 5.09. The van der Waals surface area contributed by atoms with Crippen molar-refractivity contribution in [1.82, 2.24) is 0 Å². The predicted octanol–water partition coefficient (Wildman–Crippen LogP) is 2.98. The number of carbonyl (C=O) groups is 1. The van der Waals surface area contributed by atoms with E-state index in [0.717, 1.165) is 11.3 Å². The fraction of sp³-hybridized carbons (Fsp3) is 0. The second-order valence-corrected chi connectivity index (χ2v) is 6.19. The molecule has 0 radical (unpaired) electrons. The van der Waals surface area contributed by atoms with Gasteiger partial charge in [0.1, 0.15) is 9.77 Å². The van der Waals surface area contributed by atoms with Gasteiger partial charge >= 0.3 is 10.1 Å². The lowest BCUT2D eigenvalue weighted by Crippen LogP contribution is -2.09. The number of aldehydes is 1. The molecule has 0 aliphatic carbocycles. The van der Waals surface area contributed by atoms with E-state index >= 15 is 0 Å². The van der Waals surface area contributed by atoms with Crippen LogP contribution in [0.1, 0.15) is 9.67 Å². The summed E-state index contributed by atoms with van der Waals surface area (Å²) in [5.41, 5.74) is 0. The van der Waals surface area contributed by atoms with Gasteiger partial charge in [0.15, 0.2) is 12.0 Å². The maximum atomic E-state index is 11.9. The maximum absolute atomic E-state index is 11.9. The maximum Gasteiger partial charge on any atom is 0.339 e. The lowest BCUT2D eigenvalue weighted by atomic mass is 10.4. The topological polar surface area (TPSA) is 60.4 Å². The minimum Gasteiger partial charge on any atom is -0.377 e. The number of benzene rings is 1. The third-order valence-corrected chi connectivity index (χ3v) is 4.39. The quantitative estimate of drug-likeness (QED) is 0.643. The van der Waals surface area contributed by atoms with Gasteiger partial charge in [0.25, 0.3) is 0 Å². The van der Waals surface area contributed by atoms with Crippen LogP contribution >= 0.6 is 22.9 Å². The van der Waals surface area contributed by atoms with Crippen LogP contribution in [0.25, 0.3) is 0 Å². The fourth-order valence-electron chi connectivity index (χ4n) is 1.23. The Labute approximate surface area is 113 Å². The summed E-state index contributed by atoms with van der Waals surface area (Å²) in [5.74, 6) is 0.0324. The van der Waals surface area contributed by atoms with Crippen LogP contribution in [0.3, 0.4) is 0 Å². The molecular formula is C11H7ClO4S2. The minimum atomic E-state index is -3.94. The van der Waals surface area contributed by atoms with Gasteiger partial charge in [0.2, 0.25) is 0 Å². The fourth-order valence-corrected chi connectivity index (χ4v) is 2.98. The highest BCUT2D eigenvalue weighted by molar-refractivity contribution is 7.87. The average molecular weight is 303 g/mol. The van der Waals surface area contributed by atoms with Crippen LogP contribution in [0.2, 0.25) is 5.02 Å². The Balaban J connectivity index is 2.33. The van der Waals surface area contributed by atoms with Crippen LogP contribution in [0.5, 0.6) is 5.75 Å². The molecule has 1 aromatic heterocycles. The largest absolute Gasteiger partial charge is 0.377 e. The first-order valence-electron chi connectivity index (χ1n) is 4.75. The molecule has 0 saturated heterocycles. The molecule has 94 valence electrons. The van der Waals surface area contributed by atoms with Gasteiger partial charge in [0.05, 0.1) is 0 Å². The number of thiophene rings is 1. The van der Waals surface area contributed by atoms with E-state index < -0.39 is 10.1 Å². The minimum absolute atomic E-state index is 0.0186. The van der Waals surface area contributed by atoms with E-state index in [1.54, 1.807) is 5.38 Å². The molecule has 0 saturated carbocycles. The zero-order valence-electron chi connectivity index (χ0n) is 8.87. The molecule has 2 rings (SSSR count). The average Bonchev–Trinajstić information content (AvgIpc) is 2.76. The number of halogens is 1. The summed E-state index contributed by atoms with van der Waals surface area (Å²) in [4.78, 5) is 10.9. The third-order valence-electron chi connectivity index (χ3n) is 2.07. The Kier molecular flexibility index (Phi) is 3.70. The molecule has 0 atom stereocenters. The molecule has 0 aliphatic heterocycles. The molecule has 1 heterocycles. The Morgan fingerprint density at radius 2 is 1.83 bits per heavy atom. The highest BCUT2D eigenvalue weighted by Gasteiger charge is 2.18. The van der Waals surface area contributed by atoms with Crippen LogP contribution in [-0.2, 0) is 10.1 Å². The summed E-state index contributed by atoms with van der Waals surface area (Å²) in [6.45, 7) is 0. The van der Waals surface area contributed by atoms with E-state index in [9.17, 15) is 13.2 Å². The van der Waals surface area contributed by atoms with E-state index in [2.05, 4.69) is 0 Å². The molecule has 4 nitrogen and oxygen atoms in total. The van der Waals surface area contributed by atoms with Crippen molar-refractivity contribution in [3.63, 3.8) is 0 Å². The first-order valence-corrected chi connectivity index (χ1v) is 7.42. The molecule has 0 amide bonds. The smallest absolute Gasteiger partial charge is 0.339 e. The highest BCUT2D eigenvalue weighted by atomic mass is 35.5. The summed E-state index contributed by atoms with van der Waals surface area (Å²) < 4.78 is 28.7. The summed E-state index contributed by atoms with van der Waals surface area (Å²) in [5, 5.41) is 2.01. The number of rotatable bonds is 4.